The van der Waals surface area contributed by atoms with E-state index in [4.69, 9.17) is 0 Å². The summed E-state index contributed by atoms with van der Waals surface area (Å²) in [6.07, 6.45) is 1.29. The van der Waals surface area contributed by atoms with E-state index in [1.165, 1.54) is 25.5 Å². The van der Waals surface area contributed by atoms with Crippen molar-refractivity contribution in [3.05, 3.63) is 41.7 Å². The Bertz CT molecular complexity index is 670. The van der Waals surface area contributed by atoms with Crippen molar-refractivity contribution in [1.29, 1.82) is 0 Å². The van der Waals surface area contributed by atoms with E-state index in [-0.39, 0.29) is 11.4 Å². The molecule has 19 heavy (non-hydrogen) atoms. The zero-order valence-corrected chi connectivity index (χ0v) is 11.3. The Balaban J connectivity index is 2.28. The van der Waals surface area contributed by atoms with Gasteiger partial charge in [0, 0.05) is 7.05 Å². The Hall–Kier alpha value is -1.80. The standard InChI is InChI=1S/C11H13FN4O2S/c1-8-3-4-9(5-10(8)12)19(17,18)16(2)6-11-13-7-14-15-11/h3-5,7H,6H2,1-2H3,(H,13,14,15). The van der Waals surface area contributed by atoms with Gasteiger partial charge in [0.15, 0.2) is 0 Å². The fraction of sp³-hybridized carbons (Fsp3) is 0.273. The summed E-state index contributed by atoms with van der Waals surface area (Å²) in [6, 6.07) is 3.83. The molecule has 6 nitrogen and oxygen atoms in total. The minimum atomic E-state index is -3.75. The van der Waals surface area contributed by atoms with Crippen molar-refractivity contribution < 1.29 is 12.8 Å². The maximum absolute atomic E-state index is 13.4. The summed E-state index contributed by atoms with van der Waals surface area (Å²) >= 11 is 0. The molecule has 2 rings (SSSR count). The normalized spacial score (nSPS) is 12.0. The molecule has 0 aliphatic heterocycles. The zero-order valence-electron chi connectivity index (χ0n) is 10.5. The number of benzene rings is 1. The molecular weight excluding hydrogens is 271 g/mol. The number of H-pyrrole nitrogens is 1. The van der Waals surface area contributed by atoms with Gasteiger partial charge in [0.2, 0.25) is 10.0 Å². The number of aromatic nitrogens is 3. The molecule has 1 aromatic heterocycles. The molecule has 1 heterocycles. The van der Waals surface area contributed by atoms with E-state index in [0.717, 1.165) is 10.4 Å². The van der Waals surface area contributed by atoms with Gasteiger partial charge in [-0.05, 0) is 24.6 Å². The van der Waals surface area contributed by atoms with Crippen LogP contribution in [0.25, 0.3) is 0 Å². The van der Waals surface area contributed by atoms with E-state index in [1.54, 1.807) is 6.92 Å². The van der Waals surface area contributed by atoms with Crippen LogP contribution in [0.5, 0.6) is 0 Å². The Morgan fingerprint density at radius 3 is 2.74 bits per heavy atom. The number of nitrogens with one attached hydrogen (secondary N) is 1. The van der Waals surface area contributed by atoms with E-state index < -0.39 is 15.8 Å². The summed E-state index contributed by atoms with van der Waals surface area (Å²) in [4.78, 5) is 3.76. The third-order valence-electron chi connectivity index (χ3n) is 2.69. The summed E-state index contributed by atoms with van der Waals surface area (Å²) in [5.41, 5.74) is 0.400. The first-order chi connectivity index (χ1) is 8.91. The van der Waals surface area contributed by atoms with Gasteiger partial charge in [0.25, 0.3) is 0 Å². The molecule has 0 radical (unpaired) electrons. The first-order valence-electron chi connectivity index (χ1n) is 5.48. The second-order valence-corrected chi connectivity index (χ2v) is 6.15. The first kappa shape index (κ1) is 13.6. The second-order valence-electron chi connectivity index (χ2n) is 4.10. The molecule has 0 aliphatic carbocycles. The quantitative estimate of drug-likeness (QED) is 0.911. The van der Waals surface area contributed by atoms with Crippen molar-refractivity contribution >= 4 is 10.0 Å². The lowest BCUT2D eigenvalue weighted by molar-refractivity contribution is 0.456. The van der Waals surface area contributed by atoms with Gasteiger partial charge in [-0.1, -0.05) is 6.07 Å². The van der Waals surface area contributed by atoms with Crippen LogP contribution in [-0.2, 0) is 16.6 Å². The molecule has 0 saturated heterocycles. The summed E-state index contributed by atoms with van der Waals surface area (Å²) in [7, 11) is -2.35. The topological polar surface area (TPSA) is 79.0 Å². The monoisotopic (exact) mass is 284 g/mol. The third kappa shape index (κ3) is 2.79. The molecule has 0 fully saturated rings. The van der Waals surface area contributed by atoms with Crippen molar-refractivity contribution in [2.24, 2.45) is 0 Å². The van der Waals surface area contributed by atoms with Gasteiger partial charge < -0.3 is 0 Å². The van der Waals surface area contributed by atoms with Crippen molar-refractivity contribution in [2.75, 3.05) is 7.05 Å². The van der Waals surface area contributed by atoms with Crippen molar-refractivity contribution in [1.82, 2.24) is 19.5 Å². The first-order valence-corrected chi connectivity index (χ1v) is 6.92. The van der Waals surface area contributed by atoms with Crippen LogP contribution >= 0.6 is 0 Å². The lowest BCUT2D eigenvalue weighted by Crippen LogP contribution is -2.27. The highest BCUT2D eigenvalue weighted by molar-refractivity contribution is 7.89. The maximum atomic E-state index is 13.4. The average molecular weight is 284 g/mol. The highest BCUT2D eigenvalue weighted by Gasteiger charge is 2.22. The highest BCUT2D eigenvalue weighted by Crippen LogP contribution is 2.18. The lowest BCUT2D eigenvalue weighted by Gasteiger charge is -2.16. The number of nitrogens with zero attached hydrogens (tertiary/aromatic N) is 3. The molecule has 8 heteroatoms. The summed E-state index contributed by atoms with van der Waals surface area (Å²) < 4.78 is 39.0. The fourth-order valence-corrected chi connectivity index (χ4v) is 2.66. The molecule has 0 aliphatic rings. The number of rotatable bonds is 4. The Labute approximate surface area is 110 Å². The van der Waals surface area contributed by atoms with Crippen LogP contribution in [0, 0.1) is 12.7 Å². The Morgan fingerprint density at radius 2 is 2.16 bits per heavy atom. The number of hydrogen-bond acceptors (Lipinski definition) is 4. The molecule has 1 N–H and O–H groups in total. The van der Waals surface area contributed by atoms with E-state index in [2.05, 4.69) is 15.2 Å². The molecule has 0 saturated carbocycles. The van der Waals surface area contributed by atoms with Crippen LogP contribution in [0.1, 0.15) is 11.4 Å². The Kier molecular flexibility index (Phi) is 3.63. The van der Waals surface area contributed by atoms with Gasteiger partial charge >= 0.3 is 0 Å². The molecule has 0 bridgehead atoms. The van der Waals surface area contributed by atoms with Crippen LogP contribution in [0.2, 0.25) is 0 Å². The van der Waals surface area contributed by atoms with E-state index in [9.17, 15) is 12.8 Å². The molecule has 1 aromatic carbocycles. The number of aromatic amines is 1. The van der Waals surface area contributed by atoms with Crippen LogP contribution in [0.4, 0.5) is 4.39 Å². The fourth-order valence-electron chi connectivity index (χ4n) is 1.52. The van der Waals surface area contributed by atoms with Gasteiger partial charge in [-0.3, -0.25) is 5.10 Å². The van der Waals surface area contributed by atoms with Crippen molar-refractivity contribution in [3.8, 4) is 0 Å². The van der Waals surface area contributed by atoms with Crippen molar-refractivity contribution in [3.63, 3.8) is 0 Å². The van der Waals surface area contributed by atoms with Crippen LogP contribution < -0.4 is 0 Å². The van der Waals surface area contributed by atoms with E-state index in [1.807, 2.05) is 0 Å². The predicted octanol–water partition coefficient (Wildman–Crippen LogP) is 1.07. The second kappa shape index (κ2) is 5.06. The molecule has 0 amide bonds. The predicted molar refractivity (Wildman–Crippen MR) is 66.2 cm³/mol. The molecule has 0 atom stereocenters. The Morgan fingerprint density at radius 1 is 1.42 bits per heavy atom. The largest absolute Gasteiger partial charge is 0.262 e. The van der Waals surface area contributed by atoms with E-state index in [0.29, 0.717) is 11.4 Å². The number of sulfonamides is 1. The smallest absolute Gasteiger partial charge is 0.243 e. The molecule has 0 spiro atoms. The summed E-state index contributed by atoms with van der Waals surface area (Å²) in [6.45, 7) is 1.61. The minimum Gasteiger partial charge on any atom is -0.262 e. The van der Waals surface area contributed by atoms with Gasteiger partial charge in [-0.2, -0.15) is 9.40 Å². The van der Waals surface area contributed by atoms with Gasteiger partial charge in [-0.25, -0.2) is 17.8 Å². The van der Waals surface area contributed by atoms with Crippen LogP contribution in [0.3, 0.4) is 0 Å². The number of hydrogen-bond donors (Lipinski definition) is 1. The number of halogens is 1. The summed E-state index contributed by atoms with van der Waals surface area (Å²) in [5, 5.41) is 6.21. The SMILES string of the molecule is Cc1ccc(S(=O)(=O)N(C)Cc2ncn[nH]2)cc1F. The minimum absolute atomic E-state index is 0.0395. The zero-order chi connectivity index (χ0) is 14.0. The van der Waals surface area contributed by atoms with Gasteiger partial charge in [0.05, 0.1) is 11.4 Å². The average Bonchev–Trinajstić information content (AvgIpc) is 2.85. The number of aryl methyl sites for hydroxylation is 1. The van der Waals surface area contributed by atoms with Gasteiger partial charge in [-0.15, -0.1) is 0 Å². The van der Waals surface area contributed by atoms with Crippen molar-refractivity contribution in [2.45, 2.75) is 18.4 Å². The molecule has 0 unspecified atom stereocenters. The summed E-state index contributed by atoms with van der Waals surface area (Å²) in [5.74, 6) is -0.132. The molecular formula is C11H13FN4O2S. The maximum Gasteiger partial charge on any atom is 0.243 e. The lowest BCUT2D eigenvalue weighted by atomic mass is 10.2. The third-order valence-corrected chi connectivity index (χ3v) is 4.49. The van der Waals surface area contributed by atoms with Crippen LogP contribution in [0.15, 0.2) is 29.4 Å². The molecule has 102 valence electrons. The van der Waals surface area contributed by atoms with Crippen LogP contribution in [-0.4, -0.2) is 35.0 Å². The van der Waals surface area contributed by atoms with E-state index >= 15 is 0 Å². The van der Waals surface area contributed by atoms with Gasteiger partial charge in [0.1, 0.15) is 18.0 Å². The highest BCUT2D eigenvalue weighted by atomic mass is 32.2. The molecule has 2 aromatic rings.